The molecular formula is C45H23N5O. The highest BCUT2D eigenvalue weighted by Gasteiger charge is 2.29. The van der Waals surface area contributed by atoms with Gasteiger partial charge in [0, 0.05) is 38.1 Å². The largest absolute Gasteiger partial charge is 0.456 e. The SMILES string of the molecule is N#Cc1cc(C#N)c(-c2cc3oc4ccccc4c3c(-n3c4ccccc4c4ccccc43)c2-n2c3ccccc3c3ccccc32)c(C#N)c1. The Balaban J connectivity index is 1.56. The second-order valence-corrected chi connectivity index (χ2v) is 12.6. The average molecular weight is 650 g/mol. The molecule has 0 atom stereocenters. The number of nitrogens with zero attached hydrogens (tertiary/aromatic N) is 5. The smallest absolute Gasteiger partial charge is 0.138 e. The van der Waals surface area contributed by atoms with Crippen LogP contribution in [0.25, 0.3) is 88.1 Å². The third-order valence-electron chi connectivity index (χ3n) is 10.00. The average Bonchev–Trinajstić information content (AvgIpc) is 3.84. The monoisotopic (exact) mass is 649 g/mol. The van der Waals surface area contributed by atoms with Gasteiger partial charge in [-0.25, -0.2) is 0 Å². The second kappa shape index (κ2) is 10.7. The van der Waals surface area contributed by atoms with Gasteiger partial charge in [0.1, 0.15) is 11.2 Å². The van der Waals surface area contributed by atoms with Crippen LogP contribution in [0.15, 0.2) is 144 Å². The van der Waals surface area contributed by atoms with Crippen LogP contribution in [0.3, 0.4) is 0 Å². The van der Waals surface area contributed by atoms with Gasteiger partial charge < -0.3 is 13.6 Å². The van der Waals surface area contributed by atoms with Crippen molar-refractivity contribution < 1.29 is 4.42 Å². The lowest BCUT2D eigenvalue weighted by atomic mass is 9.90. The molecule has 0 N–H and O–H groups in total. The zero-order valence-electron chi connectivity index (χ0n) is 26.9. The van der Waals surface area contributed by atoms with E-state index >= 15 is 0 Å². The van der Waals surface area contributed by atoms with Gasteiger partial charge >= 0.3 is 0 Å². The number of fused-ring (bicyclic) bond motifs is 9. The summed E-state index contributed by atoms with van der Waals surface area (Å²) in [5, 5.41) is 37.4. The first-order valence-electron chi connectivity index (χ1n) is 16.5. The summed E-state index contributed by atoms with van der Waals surface area (Å²) in [5.74, 6) is 0. The summed E-state index contributed by atoms with van der Waals surface area (Å²) in [7, 11) is 0. The number of hydrogen-bond donors (Lipinski definition) is 0. The molecule has 0 aliphatic rings. The maximum absolute atomic E-state index is 10.6. The van der Waals surface area contributed by atoms with E-state index in [9.17, 15) is 15.8 Å². The molecular weight excluding hydrogens is 627 g/mol. The van der Waals surface area contributed by atoms with E-state index in [1.54, 1.807) is 12.1 Å². The van der Waals surface area contributed by atoms with Crippen LogP contribution in [0.2, 0.25) is 0 Å². The van der Waals surface area contributed by atoms with Crippen LogP contribution in [0.4, 0.5) is 0 Å². The molecule has 0 fully saturated rings. The number of nitriles is 3. The van der Waals surface area contributed by atoms with Crippen molar-refractivity contribution in [3.8, 4) is 40.7 Å². The van der Waals surface area contributed by atoms with Crippen molar-refractivity contribution in [2.45, 2.75) is 0 Å². The fourth-order valence-electron chi connectivity index (χ4n) is 7.99. The minimum absolute atomic E-state index is 0.233. The Labute approximate surface area is 291 Å². The minimum Gasteiger partial charge on any atom is -0.456 e. The van der Waals surface area contributed by atoms with Gasteiger partial charge in [-0.2, -0.15) is 15.8 Å². The molecule has 0 saturated heterocycles. The molecule has 7 aromatic carbocycles. The number of aromatic nitrogens is 2. The Hall–Kier alpha value is -7.59. The number of benzene rings is 7. The number of hydrogen-bond acceptors (Lipinski definition) is 4. The molecule has 10 aromatic rings. The lowest BCUT2D eigenvalue weighted by molar-refractivity contribution is 0.669. The predicted octanol–water partition coefficient (Wildman–Crippen LogP) is 11.1. The molecule has 3 aromatic heterocycles. The number of furan rings is 1. The molecule has 0 saturated carbocycles. The van der Waals surface area contributed by atoms with Crippen LogP contribution in [0, 0.1) is 34.0 Å². The summed E-state index contributed by atoms with van der Waals surface area (Å²) >= 11 is 0. The molecule has 3 heterocycles. The zero-order valence-corrected chi connectivity index (χ0v) is 26.9. The Bertz CT molecular complexity index is 3100. The molecule has 6 nitrogen and oxygen atoms in total. The molecule has 0 aliphatic carbocycles. The molecule has 0 aliphatic heterocycles. The van der Waals surface area contributed by atoms with Crippen LogP contribution >= 0.6 is 0 Å². The molecule has 0 radical (unpaired) electrons. The van der Waals surface area contributed by atoms with Crippen LogP contribution in [-0.2, 0) is 0 Å². The van der Waals surface area contributed by atoms with E-state index in [2.05, 4.69) is 106 Å². The third-order valence-corrected chi connectivity index (χ3v) is 10.00. The van der Waals surface area contributed by atoms with Crippen molar-refractivity contribution in [2.24, 2.45) is 0 Å². The first kappa shape index (κ1) is 28.4. The topological polar surface area (TPSA) is 94.4 Å². The first-order chi connectivity index (χ1) is 25.2. The quantitative estimate of drug-likeness (QED) is 0.190. The van der Waals surface area contributed by atoms with E-state index in [4.69, 9.17) is 4.42 Å². The van der Waals surface area contributed by atoms with Crippen molar-refractivity contribution in [3.05, 3.63) is 156 Å². The third kappa shape index (κ3) is 3.89. The van der Waals surface area contributed by atoms with Crippen molar-refractivity contribution >= 4 is 65.6 Å². The van der Waals surface area contributed by atoms with Gasteiger partial charge in [-0.3, -0.25) is 0 Å². The predicted molar refractivity (Wildman–Crippen MR) is 202 cm³/mol. The van der Waals surface area contributed by atoms with Crippen molar-refractivity contribution in [1.29, 1.82) is 15.8 Å². The van der Waals surface area contributed by atoms with E-state index in [0.717, 1.165) is 71.3 Å². The van der Waals surface area contributed by atoms with Crippen molar-refractivity contribution in [3.63, 3.8) is 0 Å². The van der Waals surface area contributed by atoms with Gasteiger partial charge in [0.05, 0.1) is 73.7 Å². The summed E-state index contributed by atoms with van der Waals surface area (Å²) in [4.78, 5) is 0. The Kier molecular flexibility index (Phi) is 5.97. The number of rotatable bonds is 3. The maximum Gasteiger partial charge on any atom is 0.138 e. The molecule has 0 unspecified atom stereocenters. The highest BCUT2D eigenvalue weighted by molar-refractivity contribution is 6.19. The zero-order chi connectivity index (χ0) is 34.2. The van der Waals surface area contributed by atoms with Gasteiger partial charge in [0.25, 0.3) is 0 Å². The van der Waals surface area contributed by atoms with Gasteiger partial charge in [0.15, 0.2) is 0 Å². The normalized spacial score (nSPS) is 11.5. The van der Waals surface area contributed by atoms with Gasteiger partial charge in [-0.15, -0.1) is 0 Å². The summed E-state index contributed by atoms with van der Waals surface area (Å²) < 4.78 is 11.2. The van der Waals surface area contributed by atoms with E-state index in [1.165, 1.54) is 0 Å². The van der Waals surface area contributed by atoms with Crippen LogP contribution in [-0.4, -0.2) is 9.13 Å². The maximum atomic E-state index is 10.6. The van der Waals surface area contributed by atoms with Gasteiger partial charge in [-0.05, 0) is 48.5 Å². The molecule has 0 spiro atoms. The molecule has 10 rings (SSSR count). The minimum atomic E-state index is 0.233. The second-order valence-electron chi connectivity index (χ2n) is 12.6. The Morgan fingerprint density at radius 3 is 1.33 bits per heavy atom. The number of para-hydroxylation sites is 5. The highest BCUT2D eigenvalue weighted by Crippen LogP contribution is 2.48. The van der Waals surface area contributed by atoms with Crippen LogP contribution in [0.5, 0.6) is 0 Å². The van der Waals surface area contributed by atoms with Crippen molar-refractivity contribution in [2.75, 3.05) is 0 Å². The molecule has 6 heteroatoms. The fourth-order valence-corrected chi connectivity index (χ4v) is 7.99. The lowest BCUT2D eigenvalue weighted by Gasteiger charge is -2.22. The van der Waals surface area contributed by atoms with E-state index in [1.807, 2.05) is 48.5 Å². The highest BCUT2D eigenvalue weighted by atomic mass is 16.3. The Morgan fingerprint density at radius 1 is 0.431 bits per heavy atom. The fraction of sp³-hybridized carbons (Fsp3) is 0. The van der Waals surface area contributed by atoms with Crippen LogP contribution in [0.1, 0.15) is 16.7 Å². The van der Waals surface area contributed by atoms with Gasteiger partial charge in [-0.1, -0.05) is 91.0 Å². The summed E-state index contributed by atoms with van der Waals surface area (Å²) in [6.07, 6.45) is 0. The van der Waals surface area contributed by atoms with Crippen LogP contribution < -0.4 is 0 Å². The standard InChI is InChI=1S/C45H23N5O/c46-24-27-21-28(25-47)42(29(22-27)26-48)35-23-41-43(34-15-5-10-20-40(34)51-41)45(50-38-18-8-3-13-32(38)33-14-4-9-19-39(33)50)44(35)49-36-16-6-1-11-30(36)31-12-2-7-17-37(31)49/h1-23H. The Morgan fingerprint density at radius 2 is 0.863 bits per heavy atom. The molecule has 234 valence electrons. The van der Waals surface area contributed by atoms with E-state index in [0.29, 0.717) is 16.7 Å². The summed E-state index contributed by atoms with van der Waals surface area (Å²) in [6, 6.07) is 53.3. The summed E-state index contributed by atoms with van der Waals surface area (Å²) in [6.45, 7) is 0. The van der Waals surface area contributed by atoms with Crippen molar-refractivity contribution in [1.82, 2.24) is 9.13 Å². The summed E-state index contributed by atoms with van der Waals surface area (Å²) in [5.41, 5.74) is 8.73. The molecule has 51 heavy (non-hydrogen) atoms. The first-order valence-corrected chi connectivity index (χ1v) is 16.5. The molecule has 0 bridgehead atoms. The van der Waals surface area contributed by atoms with Gasteiger partial charge in [0.2, 0.25) is 0 Å². The van der Waals surface area contributed by atoms with E-state index in [-0.39, 0.29) is 16.7 Å². The van der Waals surface area contributed by atoms with E-state index < -0.39 is 0 Å². The lowest BCUT2D eigenvalue weighted by Crippen LogP contribution is -2.08. The molecule has 0 amide bonds.